The van der Waals surface area contributed by atoms with E-state index in [0.717, 1.165) is 12.5 Å². The molecule has 0 saturated carbocycles. The molecule has 0 amide bonds. The Bertz CT molecular complexity index is 1180. The van der Waals surface area contributed by atoms with Crippen molar-refractivity contribution in [3.05, 3.63) is 83.5 Å². The van der Waals surface area contributed by atoms with Gasteiger partial charge < -0.3 is 30.1 Å². The molecule has 2 unspecified atom stereocenters. The van der Waals surface area contributed by atoms with Crippen LogP contribution in [0.4, 0.5) is 13.2 Å². The van der Waals surface area contributed by atoms with E-state index in [0.29, 0.717) is 17.9 Å². The van der Waals surface area contributed by atoms with Gasteiger partial charge in [0.05, 0.1) is 30.9 Å². The van der Waals surface area contributed by atoms with Crippen molar-refractivity contribution in [2.45, 2.75) is 37.6 Å². The third-order valence-corrected chi connectivity index (χ3v) is 6.39. The summed E-state index contributed by atoms with van der Waals surface area (Å²) in [5.41, 5.74) is 4.28. The number of allylic oxidation sites excluding steroid dienone is 3. The first-order valence-electron chi connectivity index (χ1n) is 11.8. The van der Waals surface area contributed by atoms with E-state index in [1.54, 1.807) is 24.3 Å². The Kier molecular flexibility index (Phi) is 10.2. The monoisotopic (exact) mass is 557 g/mol. The number of aliphatic hydroxyl groups excluding tert-OH is 1. The van der Waals surface area contributed by atoms with Crippen molar-refractivity contribution in [1.29, 1.82) is 0 Å². The molecule has 5 N–H and O–H groups in total. The minimum absolute atomic E-state index is 0.00367. The Morgan fingerprint density at radius 3 is 2.50 bits per heavy atom. The molecule has 0 heterocycles. The summed E-state index contributed by atoms with van der Waals surface area (Å²) in [6, 6.07) is 10.6. The van der Waals surface area contributed by atoms with Crippen LogP contribution in [0.2, 0.25) is 0 Å². The molecule has 0 fully saturated rings. The van der Waals surface area contributed by atoms with Crippen molar-refractivity contribution in [2.75, 3.05) is 19.8 Å². The van der Waals surface area contributed by atoms with Gasteiger partial charge in [-0.1, -0.05) is 42.5 Å². The molecular formula is C26H31F3NO7P. The summed E-state index contributed by atoms with van der Waals surface area (Å²) in [6.45, 7) is -0.978. The van der Waals surface area contributed by atoms with Gasteiger partial charge in [0.1, 0.15) is 18.1 Å². The molecular weight excluding hydrogens is 526 g/mol. The fourth-order valence-electron chi connectivity index (χ4n) is 3.73. The number of aryl methyl sites for hydroxylation is 1. The maximum atomic E-state index is 13.8. The summed E-state index contributed by atoms with van der Waals surface area (Å²) in [5.74, 6) is 0.503. The van der Waals surface area contributed by atoms with E-state index >= 15 is 0 Å². The van der Waals surface area contributed by atoms with Crippen LogP contribution in [-0.2, 0) is 28.3 Å². The molecule has 208 valence electrons. The van der Waals surface area contributed by atoms with Crippen LogP contribution < -0.4 is 15.2 Å². The van der Waals surface area contributed by atoms with E-state index in [1.807, 2.05) is 12.2 Å². The lowest BCUT2D eigenvalue weighted by atomic mass is 9.93. The van der Waals surface area contributed by atoms with Crippen molar-refractivity contribution in [3.8, 4) is 11.5 Å². The highest BCUT2D eigenvalue weighted by atomic mass is 31.2. The highest BCUT2D eigenvalue weighted by Gasteiger charge is 2.35. The van der Waals surface area contributed by atoms with Gasteiger partial charge in [-0.25, -0.2) is 4.57 Å². The fraction of sp³-hybridized carbons (Fsp3) is 0.385. The van der Waals surface area contributed by atoms with Gasteiger partial charge in [-0.05, 0) is 54.7 Å². The first-order chi connectivity index (χ1) is 17.9. The molecule has 38 heavy (non-hydrogen) atoms. The second-order valence-electron chi connectivity index (χ2n) is 9.17. The topological polar surface area (TPSA) is 131 Å². The number of rotatable bonds is 13. The summed E-state index contributed by atoms with van der Waals surface area (Å²) in [6.07, 6.45) is 4.15. The molecule has 0 bridgehead atoms. The fourth-order valence-corrected chi connectivity index (χ4v) is 4.15. The number of benzene rings is 2. The first kappa shape index (κ1) is 29.9. The smallest absolute Gasteiger partial charge is 0.469 e. The van der Waals surface area contributed by atoms with Crippen LogP contribution >= 0.6 is 7.82 Å². The standard InChI is InChI=1S/C26H31F3NO7P/c27-26(28,29)23-14-19(11-12-25(30,17-31)18-37-38(32,33)34)9-10-24(23)36-16-21-7-4-8-22(13-21)35-15-20-5-2-1-3-6-20/h1-5,7-10,13-14,20,31H,6,11-12,15-18,30H2,(H2,32,33,34). The average Bonchev–Trinajstić information content (AvgIpc) is 2.88. The number of hydrogen-bond acceptors (Lipinski definition) is 6. The lowest BCUT2D eigenvalue weighted by molar-refractivity contribution is -0.139. The van der Waals surface area contributed by atoms with E-state index in [1.165, 1.54) is 12.1 Å². The van der Waals surface area contributed by atoms with Gasteiger partial charge in [0.15, 0.2) is 0 Å². The van der Waals surface area contributed by atoms with Crippen molar-refractivity contribution in [1.82, 2.24) is 0 Å². The average molecular weight is 558 g/mol. The van der Waals surface area contributed by atoms with Crippen molar-refractivity contribution < 1.29 is 46.6 Å². The zero-order valence-electron chi connectivity index (χ0n) is 20.5. The molecule has 2 atom stereocenters. The molecule has 2 aromatic carbocycles. The van der Waals surface area contributed by atoms with Crippen molar-refractivity contribution in [2.24, 2.45) is 11.7 Å². The highest BCUT2D eigenvalue weighted by Crippen LogP contribution is 2.39. The molecule has 1 aliphatic carbocycles. The number of aliphatic hydroxyl groups is 1. The quantitative estimate of drug-likeness (QED) is 0.264. The third-order valence-electron chi connectivity index (χ3n) is 5.92. The van der Waals surface area contributed by atoms with Gasteiger partial charge in [0.2, 0.25) is 0 Å². The summed E-state index contributed by atoms with van der Waals surface area (Å²) in [5, 5.41) is 9.51. The molecule has 1 aliphatic rings. The predicted molar refractivity (Wildman–Crippen MR) is 134 cm³/mol. The Hall–Kier alpha value is -2.66. The third kappa shape index (κ3) is 9.58. The summed E-state index contributed by atoms with van der Waals surface area (Å²) in [7, 11) is -4.82. The summed E-state index contributed by atoms with van der Waals surface area (Å²) in [4.78, 5) is 17.7. The van der Waals surface area contributed by atoms with E-state index in [2.05, 4.69) is 16.7 Å². The number of phosphoric ester groups is 1. The molecule has 0 spiro atoms. The maximum absolute atomic E-state index is 13.8. The predicted octanol–water partition coefficient (Wildman–Crippen LogP) is 4.53. The van der Waals surface area contributed by atoms with Crippen LogP contribution in [0.5, 0.6) is 11.5 Å². The number of ether oxygens (including phenoxy) is 2. The van der Waals surface area contributed by atoms with Gasteiger partial charge in [0, 0.05) is 5.92 Å². The molecule has 0 saturated heterocycles. The lowest BCUT2D eigenvalue weighted by Gasteiger charge is -2.27. The minimum Gasteiger partial charge on any atom is -0.493 e. The number of alkyl halides is 3. The van der Waals surface area contributed by atoms with E-state index in [-0.39, 0.29) is 36.7 Å². The molecule has 8 nitrogen and oxygen atoms in total. The van der Waals surface area contributed by atoms with E-state index in [9.17, 15) is 22.8 Å². The van der Waals surface area contributed by atoms with Crippen LogP contribution in [0.1, 0.15) is 29.5 Å². The number of nitrogens with two attached hydrogens (primary N) is 1. The Balaban J connectivity index is 1.64. The molecule has 3 rings (SSSR count). The Labute approximate surface area is 218 Å². The summed E-state index contributed by atoms with van der Waals surface area (Å²) < 4.78 is 68.1. The SMILES string of the molecule is NC(CO)(CCc1ccc(OCc2cccc(OCC3C=CC=CC3)c2)c(C(F)(F)F)c1)COP(=O)(O)O. The molecule has 2 aromatic rings. The number of halogens is 3. The first-order valence-corrected chi connectivity index (χ1v) is 13.4. The molecule has 0 aromatic heterocycles. The van der Waals surface area contributed by atoms with Crippen molar-refractivity contribution in [3.63, 3.8) is 0 Å². The van der Waals surface area contributed by atoms with Crippen molar-refractivity contribution >= 4 is 7.82 Å². The van der Waals surface area contributed by atoms with Crippen LogP contribution in [-0.4, -0.2) is 40.3 Å². The van der Waals surface area contributed by atoms with Gasteiger partial charge in [-0.2, -0.15) is 13.2 Å². The zero-order chi connectivity index (χ0) is 27.8. The molecule has 0 radical (unpaired) electrons. The lowest BCUT2D eigenvalue weighted by Crippen LogP contribution is -2.48. The second kappa shape index (κ2) is 12.9. The molecule has 12 heteroatoms. The maximum Gasteiger partial charge on any atom is 0.469 e. The Morgan fingerprint density at radius 1 is 1.05 bits per heavy atom. The summed E-state index contributed by atoms with van der Waals surface area (Å²) >= 11 is 0. The number of phosphoric acid groups is 1. The second-order valence-corrected chi connectivity index (χ2v) is 10.4. The highest BCUT2D eigenvalue weighted by molar-refractivity contribution is 7.46. The van der Waals surface area contributed by atoms with Gasteiger partial charge in [-0.15, -0.1) is 0 Å². The van der Waals surface area contributed by atoms with Crippen LogP contribution in [0.3, 0.4) is 0 Å². The van der Waals surface area contributed by atoms with E-state index in [4.69, 9.17) is 25.0 Å². The van der Waals surface area contributed by atoms with E-state index < -0.39 is 38.3 Å². The van der Waals surface area contributed by atoms with Crippen LogP contribution in [0, 0.1) is 5.92 Å². The van der Waals surface area contributed by atoms with Crippen LogP contribution in [0.25, 0.3) is 0 Å². The van der Waals surface area contributed by atoms with Gasteiger partial charge in [-0.3, -0.25) is 4.52 Å². The number of hydrogen-bond donors (Lipinski definition) is 4. The van der Waals surface area contributed by atoms with Gasteiger partial charge >= 0.3 is 14.0 Å². The van der Waals surface area contributed by atoms with Gasteiger partial charge in [0.25, 0.3) is 0 Å². The van der Waals surface area contributed by atoms with Crippen LogP contribution in [0.15, 0.2) is 66.8 Å². The zero-order valence-corrected chi connectivity index (χ0v) is 21.4. The molecule has 0 aliphatic heterocycles. The minimum atomic E-state index is -4.82. The Morgan fingerprint density at radius 2 is 1.84 bits per heavy atom. The largest absolute Gasteiger partial charge is 0.493 e. The normalized spacial score (nSPS) is 17.3.